The first-order valence-corrected chi connectivity index (χ1v) is 4.53. The Labute approximate surface area is 86.9 Å². The predicted molar refractivity (Wildman–Crippen MR) is 53.4 cm³/mol. The Morgan fingerprint density at radius 2 is 2.27 bits per heavy atom. The minimum absolute atomic E-state index is 0.124. The second kappa shape index (κ2) is 5.21. The molecule has 5 nitrogen and oxygen atoms in total. The lowest BCUT2D eigenvalue weighted by molar-refractivity contribution is -0.138. The van der Waals surface area contributed by atoms with E-state index in [1.807, 2.05) is 0 Å². The first-order chi connectivity index (χ1) is 7.11. The van der Waals surface area contributed by atoms with Gasteiger partial charge >= 0.3 is 5.97 Å². The highest BCUT2D eigenvalue weighted by atomic mass is 16.4. The quantitative estimate of drug-likeness (QED) is 0.685. The number of carbonyl (C=O) groups is 2. The molecule has 80 valence electrons. The molecule has 0 bridgehead atoms. The van der Waals surface area contributed by atoms with Crippen LogP contribution in [0.1, 0.15) is 23.2 Å². The van der Waals surface area contributed by atoms with Gasteiger partial charge in [-0.05, 0) is 18.6 Å². The van der Waals surface area contributed by atoms with Crippen LogP contribution in [0.5, 0.6) is 0 Å². The van der Waals surface area contributed by atoms with Gasteiger partial charge in [0, 0.05) is 24.4 Å². The number of aliphatic carboxylic acids is 1. The van der Waals surface area contributed by atoms with Gasteiger partial charge < -0.3 is 10.8 Å². The summed E-state index contributed by atoms with van der Waals surface area (Å²) in [4.78, 5) is 25.7. The number of carbonyl (C=O) groups excluding carboxylic acids is 1. The molecule has 0 radical (unpaired) electrons. The second-order valence-corrected chi connectivity index (χ2v) is 3.15. The Hall–Kier alpha value is -1.75. The van der Waals surface area contributed by atoms with Crippen LogP contribution in [0, 0.1) is 0 Å². The van der Waals surface area contributed by atoms with E-state index in [1.54, 1.807) is 18.3 Å². The molecule has 3 N–H and O–H groups in total. The molecule has 15 heavy (non-hydrogen) atoms. The second-order valence-electron chi connectivity index (χ2n) is 3.15. The van der Waals surface area contributed by atoms with Gasteiger partial charge in [-0.3, -0.25) is 14.6 Å². The summed E-state index contributed by atoms with van der Waals surface area (Å²) in [5.74, 6) is -1.23. The number of carboxylic acids is 1. The molecule has 1 rings (SSSR count). The topological polar surface area (TPSA) is 93.3 Å². The maximum absolute atomic E-state index is 11.5. The van der Waals surface area contributed by atoms with Gasteiger partial charge in [-0.2, -0.15) is 0 Å². The van der Waals surface area contributed by atoms with Crippen LogP contribution in [0.4, 0.5) is 0 Å². The van der Waals surface area contributed by atoms with E-state index >= 15 is 0 Å². The van der Waals surface area contributed by atoms with Crippen molar-refractivity contribution in [3.8, 4) is 0 Å². The minimum atomic E-state index is -1.09. The molecule has 1 atom stereocenters. The number of nitrogens with two attached hydrogens (primary N) is 1. The predicted octanol–water partition coefficient (Wildman–Crippen LogP) is 0.456. The van der Waals surface area contributed by atoms with Crippen molar-refractivity contribution in [2.45, 2.75) is 18.9 Å². The van der Waals surface area contributed by atoms with Crippen LogP contribution in [0.3, 0.4) is 0 Å². The van der Waals surface area contributed by atoms with Crippen LogP contribution in [-0.4, -0.2) is 27.9 Å². The molecule has 0 spiro atoms. The summed E-state index contributed by atoms with van der Waals surface area (Å²) in [7, 11) is 0. The third kappa shape index (κ3) is 3.47. The van der Waals surface area contributed by atoms with Crippen molar-refractivity contribution >= 4 is 11.8 Å². The fourth-order valence-corrected chi connectivity index (χ4v) is 1.08. The fraction of sp³-hybridized carbons (Fsp3) is 0.300. The normalized spacial score (nSPS) is 12.1. The minimum Gasteiger partial charge on any atom is -0.480 e. The summed E-state index contributed by atoms with van der Waals surface area (Å²) in [5, 5.41) is 8.52. The fourth-order valence-electron chi connectivity index (χ4n) is 1.08. The lowest BCUT2D eigenvalue weighted by Gasteiger charge is -2.04. The molecular formula is C10H12N2O3. The third-order valence-corrected chi connectivity index (χ3v) is 1.98. The first kappa shape index (κ1) is 11.3. The average molecular weight is 208 g/mol. The molecule has 0 fully saturated rings. The molecule has 0 aromatic carbocycles. The molecule has 1 aromatic heterocycles. The standard InChI is InChI=1S/C10H12N2O3/c11-8(10(14)15)3-4-9(13)7-2-1-5-12-6-7/h1-2,5-6,8H,3-4,11H2,(H,14,15). The van der Waals surface area contributed by atoms with Crippen molar-refractivity contribution in [2.24, 2.45) is 5.73 Å². The van der Waals surface area contributed by atoms with Crippen LogP contribution in [-0.2, 0) is 4.79 Å². The number of rotatable bonds is 5. The summed E-state index contributed by atoms with van der Waals surface area (Å²) in [6, 6.07) is 2.32. The zero-order valence-corrected chi connectivity index (χ0v) is 8.09. The molecular weight excluding hydrogens is 196 g/mol. The molecule has 1 heterocycles. The largest absolute Gasteiger partial charge is 0.480 e. The van der Waals surface area contributed by atoms with Crippen molar-refractivity contribution in [3.63, 3.8) is 0 Å². The van der Waals surface area contributed by atoms with Crippen LogP contribution >= 0.6 is 0 Å². The maximum atomic E-state index is 11.5. The van der Waals surface area contributed by atoms with Gasteiger partial charge in [-0.1, -0.05) is 0 Å². The van der Waals surface area contributed by atoms with Crippen LogP contribution in [0.2, 0.25) is 0 Å². The zero-order chi connectivity index (χ0) is 11.3. The molecule has 0 saturated heterocycles. The highest BCUT2D eigenvalue weighted by Gasteiger charge is 2.14. The molecule has 0 aliphatic rings. The summed E-state index contributed by atoms with van der Waals surface area (Å²) in [5.41, 5.74) is 5.76. The third-order valence-electron chi connectivity index (χ3n) is 1.98. The van der Waals surface area contributed by atoms with Gasteiger partial charge in [0.15, 0.2) is 5.78 Å². The lowest BCUT2D eigenvalue weighted by atomic mass is 10.1. The van der Waals surface area contributed by atoms with E-state index in [0.29, 0.717) is 5.56 Å². The van der Waals surface area contributed by atoms with E-state index < -0.39 is 12.0 Å². The zero-order valence-electron chi connectivity index (χ0n) is 8.09. The number of carboxylic acid groups (broad SMARTS) is 1. The van der Waals surface area contributed by atoms with Crippen LogP contribution in [0.15, 0.2) is 24.5 Å². The van der Waals surface area contributed by atoms with Crippen LogP contribution < -0.4 is 5.73 Å². The van der Waals surface area contributed by atoms with Gasteiger partial charge in [0.1, 0.15) is 6.04 Å². The van der Waals surface area contributed by atoms with Gasteiger partial charge in [-0.25, -0.2) is 0 Å². The molecule has 5 heteroatoms. The number of ketones is 1. The summed E-state index contributed by atoms with van der Waals surface area (Å²) >= 11 is 0. The van der Waals surface area contributed by atoms with Gasteiger partial charge in [0.05, 0.1) is 0 Å². The van der Waals surface area contributed by atoms with Gasteiger partial charge in [-0.15, -0.1) is 0 Å². The number of hydrogen-bond donors (Lipinski definition) is 2. The lowest BCUT2D eigenvalue weighted by Crippen LogP contribution is -2.30. The maximum Gasteiger partial charge on any atom is 0.320 e. The molecule has 0 aliphatic heterocycles. The van der Waals surface area contributed by atoms with Crippen molar-refractivity contribution in [1.29, 1.82) is 0 Å². The molecule has 1 unspecified atom stereocenters. The Morgan fingerprint density at radius 3 is 2.80 bits per heavy atom. The summed E-state index contributed by atoms with van der Waals surface area (Å²) < 4.78 is 0. The van der Waals surface area contributed by atoms with Gasteiger partial charge in [0.2, 0.25) is 0 Å². The molecule has 0 amide bonds. The number of hydrogen-bond acceptors (Lipinski definition) is 4. The van der Waals surface area contributed by atoms with E-state index in [4.69, 9.17) is 10.8 Å². The Kier molecular flexibility index (Phi) is 3.93. The average Bonchev–Trinajstić information content (AvgIpc) is 2.26. The SMILES string of the molecule is NC(CCC(=O)c1cccnc1)C(=O)O. The Balaban J connectivity index is 2.47. The van der Waals surface area contributed by atoms with Crippen molar-refractivity contribution in [2.75, 3.05) is 0 Å². The van der Waals surface area contributed by atoms with E-state index in [-0.39, 0.29) is 18.6 Å². The highest BCUT2D eigenvalue weighted by Crippen LogP contribution is 2.04. The van der Waals surface area contributed by atoms with Gasteiger partial charge in [0.25, 0.3) is 0 Å². The van der Waals surface area contributed by atoms with Crippen LogP contribution in [0.25, 0.3) is 0 Å². The van der Waals surface area contributed by atoms with Crippen molar-refractivity contribution in [3.05, 3.63) is 30.1 Å². The van der Waals surface area contributed by atoms with Crippen molar-refractivity contribution < 1.29 is 14.7 Å². The Morgan fingerprint density at radius 1 is 1.53 bits per heavy atom. The molecule has 1 aromatic rings. The monoisotopic (exact) mass is 208 g/mol. The molecule has 0 aliphatic carbocycles. The summed E-state index contributed by atoms with van der Waals surface area (Å²) in [6.07, 6.45) is 3.29. The molecule has 0 saturated carbocycles. The van der Waals surface area contributed by atoms with E-state index in [9.17, 15) is 9.59 Å². The Bertz CT molecular complexity index is 351. The van der Waals surface area contributed by atoms with E-state index in [2.05, 4.69) is 4.98 Å². The van der Waals surface area contributed by atoms with Crippen molar-refractivity contribution in [1.82, 2.24) is 4.98 Å². The van der Waals surface area contributed by atoms with E-state index in [1.165, 1.54) is 6.20 Å². The number of pyridine rings is 1. The number of aromatic nitrogens is 1. The van der Waals surface area contributed by atoms with E-state index in [0.717, 1.165) is 0 Å². The summed E-state index contributed by atoms with van der Waals surface area (Å²) in [6.45, 7) is 0. The number of Topliss-reactive ketones (excluding diaryl/α,β-unsaturated/α-hetero) is 1. The number of nitrogens with zero attached hydrogens (tertiary/aromatic N) is 1. The first-order valence-electron chi connectivity index (χ1n) is 4.53. The smallest absolute Gasteiger partial charge is 0.320 e. The highest BCUT2D eigenvalue weighted by molar-refractivity contribution is 5.95.